The standard InChI is InChI=1S/C26H33ClFN3O4S/c1-3-23(26(33)29-20-12-5-4-6-13-20)30(17-19-11-7-8-14-21(19)27)25(32)18-31(36(2,34)35)24-16-10-9-15-22(24)28/h7-11,14-16,20,23H,3-6,12-13,17-18H2,1-2H3,(H,29,33)/t23-/m0/s1. The van der Waals surface area contributed by atoms with E-state index in [0.717, 1.165) is 48.7 Å². The van der Waals surface area contributed by atoms with Gasteiger partial charge < -0.3 is 10.2 Å². The van der Waals surface area contributed by atoms with Gasteiger partial charge in [-0.05, 0) is 43.0 Å². The Balaban J connectivity index is 1.93. The first kappa shape index (κ1) is 27.9. The molecule has 0 saturated heterocycles. The normalized spacial score (nSPS) is 15.2. The molecule has 1 N–H and O–H groups in total. The molecular formula is C26H33ClFN3O4S. The molecule has 7 nitrogen and oxygen atoms in total. The second-order valence-corrected chi connectivity index (χ2v) is 11.4. The molecule has 0 heterocycles. The number of hydrogen-bond donors (Lipinski definition) is 1. The lowest BCUT2D eigenvalue weighted by atomic mass is 9.95. The first-order valence-electron chi connectivity index (χ1n) is 12.2. The number of sulfonamides is 1. The zero-order valence-corrected chi connectivity index (χ0v) is 22.2. The molecule has 36 heavy (non-hydrogen) atoms. The van der Waals surface area contributed by atoms with Crippen molar-refractivity contribution in [2.24, 2.45) is 0 Å². The molecule has 0 unspecified atom stereocenters. The van der Waals surface area contributed by atoms with E-state index in [1.165, 1.54) is 23.1 Å². The average Bonchev–Trinajstić information content (AvgIpc) is 2.84. The molecule has 1 saturated carbocycles. The van der Waals surface area contributed by atoms with Crippen LogP contribution in [0.4, 0.5) is 10.1 Å². The van der Waals surface area contributed by atoms with E-state index in [2.05, 4.69) is 5.32 Å². The fourth-order valence-corrected chi connectivity index (χ4v) is 5.57. The lowest BCUT2D eigenvalue weighted by Gasteiger charge is -2.34. The topological polar surface area (TPSA) is 86.8 Å². The molecule has 1 aliphatic rings. The number of carbonyl (C=O) groups excluding carboxylic acids is 2. The number of benzene rings is 2. The Morgan fingerprint density at radius 1 is 1.08 bits per heavy atom. The smallest absolute Gasteiger partial charge is 0.244 e. The molecule has 196 valence electrons. The van der Waals surface area contributed by atoms with Crippen LogP contribution in [0, 0.1) is 5.82 Å². The van der Waals surface area contributed by atoms with Crippen LogP contribution >= 0.6 is 11.6 Å². The first-order valence-corrected chi connectivity index (χ1v) is 14.4. The summed E-state index contributed by atoms with van der Waals surface area (Å²) in [5, 5.41) is 3.50. The SMILES string of the molecule is CC[C@@H](C(=O)NC1CCCCC1)N(Cc1ccccc1Cl)C(=O)CN(c1ccccc1F)S(C)(=O)=O. The highest BCUT2D eigenvalue weighted by Gasteiger charge is 2.33. The zero-order valence-electron chi connectivity index (χ0n) is 20.6. The van der Waals surface area contributed by atoms with Crippen LogP contribution in [0.2, 0.25) is 5.02 Å². The van der Waals surface area contributed by atoms with Crippen LogP contribution in [-0.2, 0) is 26.2 Å². The van der Waals surface area contributed by atoms with Crippen molar-refractivity contribution in [1.29, 1.82) is 0 Å². The predicted molar refractivity (Wildman–Crippen MR) is 140 cm³/mol. The molecule has 0 spiro atoms. The monoisotopic (exact) mass is 537 g/mol. The van der Waals surface area contributed by atoms with E-state index in [1.54, 1.807) is 31.2 Å². The third kappa shape index (κ3) is 7.20. The highest BCUT2D eigenvalue weighted by atomic mass is 35.5. The van der Waals surface area contributed by atoms with Gasteiger partial charge in [-0.15, -0.1) is 0 Å². The summed E-state index contributed by atoms with van der Waals surface area (Å²) in [6.45, 7) is 1.14. The zero-order chi connectivity index (χ0) is 26.3. The summed E-state index contributed by atoms with van der Waals surface area (Å²) < 4.78 is 40.4. The van der Waals surface area contributed by atoms with Gasteiger partial charge in [0.15, 0.2) is 0 Å². The molecule has 2 aromatic rings. The molecule has 1 atom stereocenters. The molecule has 10 heteroatoms. The van der Waals surface area contributed by atoms with E-state index in [0.29, 0.717) is 17.0 Å². The number of nitrogens with one attached hydrogen (secondary N) is 1. The predicted octanol–water partition coefficient (Wildman–Crippen LogP) is 4.50. The van der Waals surface area contributed by atoms with Gasteiger partial charge in [0.2, 0.25) is 21.8 Å². The van der Waals surface area contributed by atoms with Gasteiger partial charge in [0, 0.05) is 17.6 Å². The van der Waals surface area contributed by atoms with Crippen molar-refractivity contribution in [2.45, 2.75) is 64.1 Å². The Bertz CT molecular complexity index is 1170. The quantitative estimate of drug-likeness (QED) is 0.483. The number of halogens is 2. The van der Waals surface area contributed by atoms with Crippen molar-refractivity contribution < 1.29 is 22.4 Å². The molecular weight excluding hydrogens is 505 g/mol. The van der Waals surface area contributed by atoms with Crippen molar-refractivity contribution in [2.75, 3.05) is 17.1 Å². The van der Waals surface area contributed by atoms with Crippen LogP contribution in [0.1, 0.15) is 51.0 Å². The maximum Gasteiger partial charge on any atom is 0.244 e. The largest absolute Gasteiger partial charge is 0.352 e. The van der Waals surface area contributed by atoms with Gasteiger partial charge in [0.05, 0.1) is 11.9 Å². The Labute approximate surface area is 217 Å². The van der Waals surface area contributed by atoms with Crippen molar-refractivity contribution >= 4 is 39.1 Å². The maximum atomic E-state index is 14.5. The summed E-state index contributed by atoms with van der Waals surface area (Å²) in [5.74, 6) is -1.69. The minimum Gasteiger partial charge on any atom is -0.352 e. The molecule has 2 aromatic carbocycles. The van der Waals surface area contributed by atoms with E-state index < -0.39 is 34.3 Å². The molecule has 0 aliphatic heterocycles. The van der Waals surface area contributed by atoms with Gasteiger partial charge in [0.25, 0.3) is 0 Å². The third-order valence-corrected chi connectivity index (χ3v) is 7.93. The summed E-state index contributed by atoms with van der Waals surface area (Å²) in [6.07, 6.45) is 6.21. The van der Waals surface area contributed by atoms with Gasteiger partial charge in [-0.25, -0.2) is 12.8 Å². The van der Waals surface area contributed by atoms with Crippen LogP contribution in [-0.4, -0.2) is 50.0 Å². The van der Waals surface area contributed by atoms with E-state index in [-0.39, 0.29) is 24.2 Å². The molecule has 0 radical (unpaired) electrons. The van der Waals surface area contributed by atoms with Crippen molar-refractivity contribution in [3.8, 4) is 0 Å². The Morgan fingerprint density at radius 3 is 2.33 bits per heavy atom. The molecule has 3 rings (SSSR count). The summed E-state index contributed by atoms with van der Waals surface area (Å²) in [5.41, 5.74) is 0.388. The average molecular weight is 538 g/mol. The van der Waals surface area contributed by atoms with Gasteiger partial charge in [-0.2, -0.15) is 0 Å². The van der Waals surface area contributed by atoms with Crippen LogP contribution in [0.3, 0.4) is 0 Å². The number of nitrogens with zero attached hydrogens (tertiary/aromatic N) is 2. The van der Waals surface area contributed by atoms with Crippen molar-refractivity contribution in [3.05, 3.63) is 64.9 Å². The molecule has 0 bridgehead atoms. The molecule has 0 aromatic heterocycles. The lowest BCUT2D eigenvalue weighted by Crippen LogP contribution is -2.54. The van der Waals surface area contributed by atoms with Gasteiger partial charge >= 0.3 is 0 Å². The fraction of sp³-hybridized carbons (Fsp3) is 0.462. The second kappa shape index (κ2) is 12.5. The number of hydrogen-bond acceptors (Lipinski definition) is 4. The highest BCUT2D eigenvalue weighted by Crippen LogP contribution is 2.24. The summed E-state index contributed by atoms with van der Waals surface area (Å²) >= 11 is 6.36. The van der Waals surface area contributed by atoms with E-state index in [9.17, 15) is 22.4 Å². The van der Waals surface area contributed by atoms with Crippen LogP contribution in [0.5, 0.6) is 0 Å². The molecule has 1 fully saturated rings. The fourth-order valence-electron chi connectivity index (χ4n) is 4.52. The minimum absolute atomic E-state index is 0.00394. The third-order valence-electron chi connectivity index (χ3n) is 6.44. The summed E-state index contributed by atoms with van der Waals surface area (Å²) in [7, 11) is -4.01. The summed E-state index contributed by atoms with van der Waals surface area (Å²) in [6, 6.07) is 11.5. The van der Waals surface area contributed by atoms with Crippen molar-refractivity contribution in [3.63, 3.8) is 0 Å². The van der Waals surface area contributed by atoms with E-state index in [4.69, 9.17) is 11.6 Å². The lowest BCUT2D eigenvalue weighted by molar-refractivity contribution is -0.140. The number of amides is 2. The number of para-hydroxylation sites is 1. The second-order valence-electron chi connectivity index (χ2n) is 9.10. The van der Waals surface area contributed by atoms with Crippen molar-refractivity contribution in [1.82, 2.24) is 10.2 Å². The Kier molecular flexibility index (Phi) is 9.73. The Morgan fingerprint density at radius 2 is 1.72 bits per heavy atom. The number of rotatable bonds is 10. The number of carbonyl (C=O) groups is 2. The minimum atomic E-state index is -4.01. The highest BCUT2D eigenvalue weighted by molar-refractivity contribution is 7.92. The van der Waals surface area contributed by atoms with Crippen LogP contribution < -0.4 is 9.62 Å². The summed E-state index contributed by atoms with van der Waals surface area (Å²) in [4.78, 5) is 28.4. The van der Waals surface area contributed by atoms with Gasteiger partial charge in [0.1, 0.15) is 18.4 Å². The maximum absolute atomic E-state index is 14.5. The Hall–Kier alpha value is -2.65. The van der Waals surface area contributed by atoms with Crippen LogP contribution in [0.15, 0.2) is 48.5 Å². The molecule has 2 amide bonds. The molecule has 1 aliphatic carbocycles. The van der Waals surface area contributed by atoms with E-state index in [1.807, 2.05) is 0 Å². The number of anilines is 1. The van der Waals surface area contributed by atoms with Gasteiger partial charge in [-0.3, -0.25) is 13.9 Å². The van der Waals surface area contributed by atoms with Gasteiger partial charge in [-0.1, -0.05) is 68.1 Å². The first-order chi connectivity index (χ1) is 17.1. The van der Waals surface area contributed by atoms with Crippen LogP contribution in [0.25, 0.3) is 0 Å². The van der Waals surface area contributed by atoms with E-state index >= 15 is 0 Å².